The van der Waals surface area contributed by atoms with Gasteiger partial charge in [0.05, 0.1) is 0 Å². The number of anilines is 1. The van der Waals surface area contributed by atoms with Crippen LogP contribution in [0.1, 0.15) is 37.8 Å². The molecule has 140 valence electrons. The zero-order valence-corrected chi connectivity index (χ0v) is 16.3. The van der Waals surface area contributed by atoms with E-state index in [0.717, 1.165) is 10.7 Å². The van der Waals surface area contributed by atoms with Crippen LogP contribution in [0.15, 0.2) is 54.6 Å². The molecule has 27 heavy (non-hydrogen) atoms. The first-order valence-corrected chi connectivity index (χ1v) is 9.12. The molecular formula is C20H22N4O2S. The Morgan fingerprint density at radius 2 is 1.70 bits per heavy atom. The summed E-state index contributed by atoms with van der Waals surface area (Å²) in [6.45, 7) is 5.91. The molecule has 3 rings (SSSR count). The van der Waals surface area contributed by atoms with Crippen molar-refractivity contribution in [2.75, 3.05) is 5.32 Å². The van der Waals surface area contributed by atoms with Gasteiger partial charge in [-0.1, -0.05) is 56.3 Å². The van der Waals surface area contributed by atoms with Gasteiger partial charge in [-0.3, -0.25) is 10.2 Å². The van der Waals surface area contributed by atoms with Crippen LogP contribution in [0.25, 0.3) is 0 Å². The lowest BCUT2D eigenvalue weighted by Gasteiger charge is -2.22. The number of hydrogen-bond acceptors (Lipinski definition) is 3. The average molecular weight is 382 g/mol. The molecule has 1 fully saturated rings. The Hall–Kier alpha value is -2.93. The van der Waals surface area contributed by atoms with E-state index in [1.807, 2.05) is 42.5 Å². The summed E-state index contributed by atoms with van der Waals surface area (Å²) in [5.41, 5.74) is 4.23. The minimum Gasteiger partial charge on any atom is -0.331 e. The molecule has 6 nitrogen and oxygen atoms in total. The molecule has 0 spiro atoms. The van der Waals surface area contributed by atoms with E-state index in [9.17, 15) is 9.59 Å². The second-order valence-corrected chi connectivity index (χ2v) is 7.31. The first-order chi connectivity index (χ1) is 12.8. The molecule has 0 aromatic heterocycles. The number of imide groups is 1. The predicted octanol–water partition coefficient (Wildman–Crippen LogP) is 3.48. The zero-order valence-electron chi connectivity index (χ0n) is 15.4. The quantitative estimate of drug-likeness (QED) is 0.558. The van der Waals surface area contributed by atoms with Gasteiger partial charge in [0.25, 0.3) is 5.91 Å². The number of amides is 3. The Labute approximate surface area is 163 Å². The number of carbonyl (C=O) groups excluding carboxylic acids is 2. The molecular weight excluding hydrogens is 360 g/mol. The van der Waals surface area contributed by atoms with Crippen LogP contribution in [0.3, 0.4) is 0 Å². The Bertz CT molecular complexity index is 867. The van der Waals surface area contributed by atoms with Crippen molar-refractivity contribution in [1.82, 2.24) is 15.8 Å². The van der Waals surface area contributed by atoms with E-state index >= 15 is 0 Å². The van der Waals surface area contributed by atoms with Crippen molar-refractivity contribution in [2.45, 2.75) is 32.2 Å². The summed E-state index contributed by atoms with van der Waals surface area (Å²) in [5.74, 6) is 0.0173. The van der Waals surface area contributed by atoms with E-state index in [1.165, 1.54) is 5.56 Å². The van der Waals surface area contributed by atoms with Crippen LogP contribution in [-0.4, -0.2) is 22.1 Å². The first-order valence-electron chi connectivity index (χ1n) is 8.71. The maximum Gasteiger partial charge on any atom is 0.344 e. The van der Waals surface area contributed by atoms with Gasteiger partial charge in [0.1, 0.15) is 5.54 Å². The third-order valence-electron chi connectivity index (χ3n) is 4.59. The minimum absolute atomic E-state index is 0.160. The maximum atomic E-state index is 12.8. The van der Waals surface area contributed by atoms with Gasteiger partial charge >= 0.3 is 6.03 Å². The lowest BCUT2D eigenvalue weighted by Crippen LogP contribution is -2.49. The van der Waals surface area contributed by atoms with E-state index in [2.05, 4.69) is 29.9 Å². The first kappa shape index (κ1) is 18.8. The van der Waals surface area contributed by atoms with Gasteiger partial charge in [0.15, 0.2) is 5.11 Å². The lowest BCUT2D eigenvalue weighted by atomic mass is 9.92. The molecule has 3 N–H and O–H groups in total. The van der Waals surface area contributed by atoms with E-state index in [4.69, 9.17) is 12.2 Å². The SMILES string of the molecule is CC(C)c1ccc(NC(=S)NN2C(=O)N[C@@](C)(c3ccccc3)C2=O)cc1. The van der Waals surface area contributed by atoms with Crippen molar-refractivity contribution in [1.29, 1.82) is 0 Å². The van der Waals surface area contributed by atoms with Gasteiger partial charge in [-0.2, -0.15) is 5.01 Å². The summed E-state index contributed by atoms with van der Waals surface area (Å²) in [4.78, 5) is 25.2. The highest BCUT2D eigenvalue weighted by Gasteiger charge is 2.49. The summed E-state index contributed by atoms with van der Waals surface area (Å²) in [7, 11) is 0. The van der Waals surface area contributed by atoms with Crippen LogP contribution < -0.4 is 16.1 Å². The number of carbonyl (C=O) groups is 2. The monoisotopic (exact) mass is 382 g/mol. The molecule has 0 bridgehead atoms. The van der Waals surface area contributed by atoms with Crippen molar-refractivity contribution in [3.05, 3.63) is 65.7 Å². The summed E-state index contributed by atoms with van der Waals surface area (Å²) < 4.78 is 0. The Morgan fingerprint density at radius 1 is 1.07 bits per heavy atom. The fraction of sp³-hybridized carbons (Fsp3) is 0.250. The molecule has 7 heteroatoms. The number of thiocarbonyl (C=S) groups is 1. The van der Waals surface area contributed by atoms with Crippen LogP contribution in [-0.2, 0) is 10.3 Å². The normalized spacial score (nSPS) is 19.2. The van der Waals surface area contributed by atoms with Gasteiger partial charge < -0.3 is 10.6 Å². The molecule has 1 aliphatic heterocycles. The highest BCUT2D eigenvalue weighted by atomic mass is 32.1. The van der Waals surface area contributed by atoms with Crippen molar-refractivity contribution >= 4 is 35.0 Å². The highest BCUT2D eigenvalue weighted by molar-refractivity contribution is 7.80. The van der Waals surface area contributed by atoms with Crippen molar-refractivity contribution in [3.63, 3.8) is 0 Å². The molecule has 1 saturated heterocycles. The molecule has 0 saturated carbocycles. The van der Waals surface area contributed by atoms with Crippen LogP contribution in [0.4, 0.5) is 10.5 Å². The number of urea groups is 1. The summed E-state index contributed by atoms with van der Waals surface area (Å²) in [6.07, 6.45) is 0. The van der Waals surface area contributed by atoms with Gasteiger partial charge in [-0.25, -0.2) is 4.79 Å². The topological polar surface area (TPSA) is 73.5 Å². The summed E-state index contributed by atoms with van der Waals surface area (Å²) in [6, 6.07) is 16.4. The fourth-order valence-electron chi connectivity index (χ4n) is 2.92. The molecule has 2 aromatic rings. The predicted molar refractivity (Wildman–Crippen MR) is 109 cm³/mol. The van der Waals surface area contributed by atoms with E-state index in [1.54, 1.807) is 19.1 Å². The molecule has 1 atom stereocenters. The van der Waals surface area contributed by atoms with Gasteiger partial charge in [-0.15, -0.1) is 0 Å². The second kappa shape index (κ2) is 7.36. The zero-order chi connectivity index (χ0) is 19.6. The van der Waals surface area contributed by atoms with Crippen LogP contribution in [0.2, 0.25) is 0 Å². The third kappa shape index (κ3) is 3.78. The number of rotatable bonds is 4. The molecule has 0 unspecified atom stereocenters. The fourth-order valence-corrected chi connectivity index (χ4v) is 3.13. The number of hydrazine groups is 1. The largest absolute Gasteiger partial charge is 0.344 e. The summed E-state index contributed by atoms with van der Waals surface area (Å²) in [5, 5.41) is 6.78. The van der Waals surface area contributed by atoms with Crippen molar-refractivity contribution in [2.24, 2.45) is 0 Å². The van der Waals surface area contributed by atoms with E-state index < -0.39 is 17.5 Å². The number of benzene rings is 2. The summed E-state index contributed by atoms with van der Waals surface area (Å²) >= 11 is 5.26. The van der Waals surface area contributed by atoms with Gasteiger partial charge in [0.2, 0.25) is 0 Å². The van der Waals surface area contributed by atoms with E-state index in [-0.39, 0.29) is 5.11 Å². The highest BCUT2D eigenvalue weighted by Crippen LogP contribution is 2.27. The Balaban J connectivity index is 1.69. The van der Waals surface area contributed by atoms with Crippen LogP contribution in [0, 0.1) is 0 Å². The molecule has 1 aliphatic rings. The second-order valence-electron chi connectivity index (χ2n) is 6.90. The number of hydrogen-bond donors (Lipinski definition) is 3. The smallest absolute Gasteiger partial charge is 0.331 e. The molecule has 2 aromatic carbocycles. The van der Waals surface area contributed by atoms with Gasteiger partial charge in [0, 0.05) is 5.69 Å². The van der Waals surface area contributed by atoms with Crippen LogP contribution >= 0.6 is 12.2 Å². The Kier molecular flexibility index (Phi) is 5.14. The van der Waals surface area contributed by atoms with Crippen molar-refractivity contribution < 1.29 is 9.59 Å². The lowest BCUT2D eigenvalue weighted by molar-refractivity contribution is -0.132. The van der Waals surface area contributed by atoms with Gasteiger partial charge in [-0.05, 0) is 48.3 Å². The Morgan fingerprint density at radius 3 is 2.30 bits per heavy atom. The third-order valence-corrected chi connectivity index (χ3v) is 4.78. The standard InChI is InChI=1S/C20H22N4O2S/c1-13(2)14-9-11-16(12-10-14)21-18(27)23-24-17(25)20(3,22-19(24)26)15-7-5-4-6-8-15/h4-13H,1-3H3,(H,22,26)(H2,21,23,27)/t20-/m0/s1. The molecule has 1 heterocycles. The molecule has 0 radical (unpaired) electrons. The maximum absolute atomic E-state index is 12.8. The number of nitrogens with one attached hydrogen (secondary N) is 3. The molecule has 0 aliphatic carbocycles. The number of nitrogens with zero attached hydrogens (tertiary/aromatic N) is 1. The van der Waals surface area contributed by atoms with E-state index in [0.29, 0.717) is 11.5 Å². The van der Waals surface area contributed by atoms with Crippen LogP contribution in [0.5, 0.6) is 0 Å². The van der Waals surface area contributed by atoms with Crippen molar-refractivity contribution in [3.8, 4) is 0 Å². The molecule has 3 amide bonds. The average Bonchev–Trinajstić information content (AvgIpc) is 2.87. The minimum atomic E-state index is -1.14.